The van der Waals surface area contributed by atoms with Gasteiger partial charge >= 0.3 is 0 Å². The van der Waals surface area contributed by atoms with E-state index in [0.29, 0.717) is 6.54 Å². The molecule has 2 aromatic heterocycles. The van der Waals surface area contributed by atoms with Gasteiger partial charge in [0.1, 0.15) is 0 Å². The van der Waals surface area contributed by atoms with Gasteiger partial charge in [0.15, 0.2) is 4.80 Å². The highest BCUT2D eigenvalue weighted by Crippen LogP contribution is 2.27. The van der Waals surface area contributed by atoms with Crippen LogP contribution in [0.4, 0.5) is 11.4 Å². The van der Waals surface area contributed by atoms with Crippen LogP contribution in [0.3, 0.4) is 0 Å². The van der Waals surface area contributed by atoms with E-state index < -0.39 is 0 Å². The number of nitro groups is 1. The predicted octanol–water partition coefficient (Wildman–Crippen LogP) is 6.12. The highest BCUT2D eigenvalue weighted by Gasteiger charge is 2.13. The zero-order valence-electron chi connectivity index (χ0n) is 18.8. The average molecular weight is 459 g/mol. The fourth-order valence-electron chi connectivity index (χ4n) is 3.85. The molecule has 2 heterocycles. The van der Waals surface area contributed by atoms with Crippen LogP contribution in [0.2, 0.25) is 0 Å². The van der Waals surface area contributed by atoms with E-state index in [1.165, 1.54) is 11.1 Å². The minimum atomic E-state index is -0.374. The van der Waals surface area contributed by atoms with Crippen molar-refractivity contribution < 1.29 is 4.92 Å². The normalized spacial score (nSPS) is 11.6. The number of benzene rings is 2. The number of pyridine rings is 1. The minimum Gasteiger partial charge on any atom is -0.316 e. The molecule has 6 nitrogen and oxygen atoms in total. The van der Waals surface area contributed by atoms with Crippen LogP contribution in [0.5, 0.6) is 0 Å². The minimum absolute atomic E-state index is 0.0865. The van der Waals surface area contributed by atoms with Crippen LogP contribution in [0.15, 0.2) is 77.2 Å². The van der Waals surface area contributed by atoms with E-state index in [1.54, 1.807) is 41.8 Å². The zero-order chi connectivity index (χ0) is 23.2. The van der Waals surface area contributed by atoms with E-state index in [0.717, 1.165) is 46.7 Å². The Balaban J connectivity index is 1.82. The van der Waals surface area contributed by atoms with E-state index >= 15 is 0 Å². The topological polar surface area (TPSA) is 73.3 Å². The summed E-state index contributed by atoms with van der Waals surface area (Å²) < 4.78 is 2.20. The Hall–Kier alpha value is -3.58. The van der Waals surface area contributed by atoms with Crippen molar-refractivity contribution in [3.63, 3.8) is 0 Å². The number of nitrogens with zero attached hydrogens (tertiary/aromatic N) is 4. The molecule has 0 aliphatic carbocycles. The van der Waals surface area contributed by atoms with Crippen molar-refractivity contribution in [3.05, 3.63) is 104 Å². The third kappa shape index (κ3) is 5.09. The van der Waals surface area contributed by atoms with Crippen molar-refractivity contribution in [1.29, 1.82) is 0 Å². The van der Waals surface area contributed by atoms with Gasteiger partial charge in [-0.05, 0) is 53.8 Å². The summed E-state index contributed by atoms with van der Waals surface area (Å²) in [7, 11) is 0. The Bertz CT molecular complexity index is 1290. The molecular weight excluding hydrogens is 432 g/mol. The number of thiazole rings is 1. The van der Waals surface area contributed by atoms with E-state index in [4.69, 9.17) is 4.99 Å². The SMILES string of the molecule is CCc1cccc(CC)c1N=c1scc(-c2ccc([N+](=O)[O-])cc2)n1CCc1ccccn1. The van der Waals surface area contributed by atoms with Gasteiger partial charge in [-0.25, -0.2) is 4.99 Å². The molecule has 2 aromatic carbocycles. The molecule has 0 aliphatic heterocycles. The Kier molecular flexibility index (Phi) is 7.10. The highest BCUT2D eigenvalue weighted by atomic mass is 32.1. The van der Waals surface area contributed by atoms with Gasteiger partial charge in [-0.15, -0.1) is 11.3 Å². The van der Waals surface area contributed by atoms with Gasteiger partial charge < -0.3 is 4.57 Å². The Morgan fingerprint density at radius 3 is 2.33 bits per heavy atom. The van der Waals surface area contributed by atoms with Gasteiger partial charge in [-0.2, -0.15) is 0 Å². The lowest BCUT2D eigenvalue weighted by Gasteiger charge is -2.11. The molecule has 0 amide bonds. The van der Waals surface area contributed by atoms with E-state index in [9.17, 15) is 10.1 Å². The van der Waals surface area contributed by atoms with Crippen molar-refractivity contribution in [3.8, 4) is 11.3 Å². The van der Waals surface area contributed by atoms with Crippen LogP contribution < -0.4 is 4.80 Å². The molecule has 168 valence electrons. The standard InChI is InChI=1S/C26H26N4O2S/c1-3-19-8-7-9-20(4-2)25(19)28-26-29(17-15-22-10-5-6-16-27-22)24(18-33-26)21-11-13-23(14-12-21)30(31)32/h5-14,16,18H,3-4,15,17H2,1-2H3. The number of nitro benzene ring substituents is 1. The Morgan fingerprint density at radius 2 is 1.73 bits per heavy atom. The number of hydrogen-bond donors (Lipinski definition) is 0. The molecule has 0 aliphatic rings. The summed E-state index contributed by atoms with van der Waals surface area (Å²) in [5.41, 5.74) is 6.54. The molecule has 0 atom stereocenters. The maximum absolute atomic E-state index is 11.1. The van der Waals surface area contributed by atoms with Gasteiger partial charge in [-0.3, -0.25) is 15.1 Å². The van der Waals surface area contributed by atoms with Gasteiger partial charge in [0, 0.05) is 42.4 Å². The van der Waals surface area contributed by atoms with Crippen molar-refractivity contribution in [2.45, 2.75) is 39.7 Å². The molecule has 33 heavy (non-hydrogen) atoms. The summed E-state index contributed by atoms with van der Waals surface area (Å²) in [5, 5.41) is 13.2. The van der Waals surface area contributed by atoms with Crippen LogP contribution in [-0.2, 0) is 25.8 Å². The lowest BCUT2D eigenvalue weighted by atomic mass is 10.0. The molecule has 4 rings (SSSR count). The smallest absolute Gasteiger partial charge is 0.269 e. The molecule has 0 saturated carbocycles. The molecule has 0 radical (unpaired) electrons. The second kappa shape index (κ2) is 10.4. The first kappa shape index (κ1) is 22.6. The van der Waals surface area contributed by atoms with Gasteiger partial charge in [0.25, 0.3) is 5.69 Å². The van der Waals surface area contributed by atoms with Crippen molar-refractivity contribution in [1.82, 2.24) is 9.55 Å². The molecule has 0 bridgehead atoms. The van der Waals surface area contributed by atoms with E-state index in [2.05, 4.69) is 47.0 Å². The summed E-state index contributed by atoms with van der Waals surface area (Å²) in [6.45, 7) is 5.01. The van der Waals surface area contributed by atoms with Crippen LogP contribution in [0.1, 0.15) is 30.7 Å². The summed E-state index contributed by atoms with van der Waals surface area (Å²) in [6.07, 6.45) is 4.41. The molecule has 4 aromatic rings. The van der Waals surface area contributed by atoms with Crippen molar-refractivity contribution in [2.75, 3.05) is 0 Å². The molecule has 0 unspecified atom stereocenters. The van der Waals surface area contributed by atoms with Gasteiger partial charge in [0.05, 0.1) is 16.3 Å². The highest BCUT2D eigenvalue weighted by molar-refractivity contribution is 7.07. The maximum atomic E-state index is 11.1. The van der Waals surface area contributed by atoms with Crippen LogP contribution in [0.25, 0.3) is 11.3 Å². The third-order valence-corrected chi connectivity index (χ3v) is 6.53. The van der Waals surface area contributed by atoms with Crippen LogP contribution in [0, 0.1) is 10.1 Å². The first-order chi connectivity index (χ1) is 16.1. The lowest BCUT2D eigenvalue weighted by molar-refractivity contribution is -0.384. The maximum Gasteiger partial charge on any atom is 0.269 e. The number of aryl methyl sites for hydroxylation is 3. The molecule has 0 saturated heterocycles. The second-order valence-electron chi connectivity index (χ2n) is 7.67. The monoisotopic (exact) mass is 458 g/mol. The van der Waals surface area contributed by atoms with E-state index in [1.807, 2.05) is 18.2 Å². The fourth-order valence-corrected chi connectivity index (χ4v) is 4.79. The number of hydrogen-bond acceptors (Lipinski definition) is 5. The van der Waals surface area contributed by atoms with Gasteiger partial charge in [-0.1, -0.05) is 38.1 Å². The summed E-state index contributed by atoms with van der Waals surface area (Å²) in [5.74, 6) is 0. The summed E-state index contributed by atoms with van der Waals surface area (Å²) >= 11 is 1.59. The molecule has 0 fully saturated rings. The number of aromatic nitrogens is 2. The number of non-ortho nitro benzene ring substituents is 1. The summed E-state index contributed by atoms with van der Waals surface area (Å²) in [6, 6.07) is 19.0. The largest absolute Gasteiger partial charge is 0.316 e. The molecule has 0 N–H and O–H groups in total. The fraction of sp³-hybridized carbons (Fsp3) is 0.231. The Morgan fingerprint density at radius 1 is 1.00 bits per heavy atom. The summed E-state index contributed by atoms with van der Waals surface area (Å²) in [4.78, 5) is 21.2. The van der Waals surface area contributed by atoms with Crippen molar-refractivity contribution >= 4 is 22.7 Å². The first-order valence-electron chi connectivity index (χ1n) is 11.1. The molecule has 7 heteroatoms. The molecular formula is C26H26N4O2S. The quantitative estimate of drug-likeness (QED) is 0.236. The second-order valence-corrected chi connectivity index (χ2v) is 8.51. The number of rotatable bonds is 8. The predicted molar refractivity (Wildman–Crippen MR) is 133 cm³/mol. The van der Waals surface area contributed by atoms with Crippen molar-refractivity contribution in [2.24, 2.45) is 4.99 Å². The van der Waals surface area contributed by atoms with Gasteiger partial charge in [0.2, 0.25) is 0 Å². The van der Waals surface area contributed by atoms with Crippen LogP contribution in [-0.4, -0.2) is 14.5 Å². The van der Waals surface area contributed by atoms with Crippen LogP contribution >= 0.6 is 11.3 Å². The number of para-hydroxylation sites is 1. The third-order valence-electron chi connectivity index (χ3n) is 5.66. The first-order valence-corrected chi connectivity index (χ1v) is 12.0. The lowest BCUT2D eigenvalue weighted by Crippen LogP contribution is -2.18. The Labute approximate surface area is 197 Å². The average Bonchev–Trinajstić information content (AvgIpc) is 3.25. The zero-order valence-corrected chi connectivity index (χ0v) is 19.6. The van der Waals surface area contributed by atoms with E-state index in [-0.39, 0.29) is 10.6 Å². The molecule has 0 spiro atoms.